The summed E-state index contributed by atoms with van der Waals surface area (Å²) in [6.45, 7) is 9.46. The molecule has 0 unspecified atom stereocenters. The Morgan fingerprint density at radius 1 is 1.00 bits per heavy atom. The molecule has 2 nitrogen and oxygen atoms in total. The van der Waals surface area contributed by atoms with Crippen LogP contribution in [0.3, 0.4) is 0 Å². The SMILES string of the molecule is CC.Cc1ccc2c(c1C)OCCO2. The van der Waals surface area contributed by atoms with E-state index < -0.39 is 0 Å². The van der Waals surface area contributed by atoms with Gasteiger partial charge in [-0.3, -0.25) is 0 Å². The van der Waals surface area contributed by atoms with Crippen molar-refractivity contribution < 1.29 is 9.47 Å². The van der Waals surface area contributed by atoms with E-state index >= 15 is 0 Å². The average molecular weight is 194 g/mol. The van der Waals surface area contributed by atoms with Crippen LogP contribution in [-0.2, 0) is 0 Å². The molecule has 14 heavy (non-hydrogen) atoms. The third kappa shape index (κ3) is 2.00. The molecule has 2 heteroatoms. The summed E-state index contributed by atoms with van der Waals surface area (Å²) in [5.74, 6) is 1.80. The molecule has 1 aromatic carbocycles. The highest BCUT2D eigenvalue weighted by Gasteiger charge is 2.14. The lowest BCUT2D eigenvalue weighted by molar-refractivity contribution is 0.170. The Morgan fingerprint density at radius 3 is 2.36 bits per heavy atom. The zero-order chi connectivity index (χ0) is 10.6. The molecule has 0 aliphatic carbocycles. The van der Waals surface area contributed by atoms with E-state index in [2.05, 4.69) is 19.9 Å². The number of hydrogen-bond acceptors (Lipinski definition) is 2. The van der Waals surface area contributed by atoms with Crippen molar-refractivity contribution in [3.05, 3.63) is 23.3 Å². The van der Waals surface area contributed by atoms with E-state index in [1.807, 2.05) is 19.9 Å². The van der Waals surface area contributed by atoms with Gasteiger partial charge in [-0.2, -0.15) is 0 Å². The van der Waals surface area contributed by atoms with Crippen molar-refractivity contribution in [1.29, 1.82) is 0 Å². The number of fused-ring (bicyclic) bond motifs is 1. The highest BCUT2D eigenvalue weighted by atomic mass is 16.6. The fourth-order valence-corrected chi connectivity index (χ4v) is 1.35. The molecule has 0 amide bonds. The third-order valence-electron chi connectivity index (χ3n) is 2.23. The van der Waals surface area contributed by atoms with Crippen LogP contribution in [0, 0.1) is 13.8 Å². The topological polar surface area (TPSA) is 18.5 Å². The minimum Gasteiger partial charge on any atom is -0.486 e. The Kier molecular flexibility index (Phi) is 3.81. The van der Waals surface area contributed by atoms with Crippen LogP contribution in [-0.4, -0.2) is 13.2 Å². The molecule has 0 bridgehead atoms. The number of hydrogen-bond donors (Lipinski definition) is 0. The van der Waals surface area contributed by atoms with Crippen molar-refractivity contribution in [2.24, 2.45) is 0 Å². The maximum Gasteiger partial charge on any atom is 0.164 e. The lowest BCUT2D eigenvalue weighted by atomic mass is 10.1. The first-order valence-electron chi connectivity index (χ1n) is 5.15. The Bertz CT molecular complexity index is 305. The quantitative estimate of drug-likeness (QED) is 0.631. The molecule has 1 aromatic rings. The number of benzene rings is 1. The molecule has 1 aliphatic rings. The van der Waals surface area contributed by atoms with E-state index in [1.54, 1.807) is 0 Å². The van der Waals surface area contributed by atoms with Gasteiger partial charge in [0, 0.05) is 0 Å². The van der Waals surface area contributed by atoms with E-state index in [0.717, 1.165) is 11.5 Å². The third-order valence-corrected chi connectivity index (χ3v) is 2.23. The number of ether oxygens (including phenoxy) is 2. The summed E-state index contributed by atoms with van der Waals surface area (Å²) in [4.78, 5) is 0. The van der Waals surface area contributed by atoms with E-state index in [4.69, 9.17) is 9.47 Å². The maximum absolute atomic E-state index is 5.51. The summed E-state index contributed by atoms with van der Waals surface area (Å²) < 4.78 is 10.9. The summed E-state index contributed by atoms with van der Waals surface area (Å²) in [6.07, 6.45) is 0. The van der Waals surface area contributed by atoms with Gasteiger partial charge < -0.3 is 9.47 Å². The fraction of sp³-hybridized carbons (Fsp3) is 0.500. The summed E-state index contributed by atoms with van der Waals surface area (Å²) in [5, 5.41) is 0. The Labute approximate surface area is 85.8 Å². The van der Waals surface area contributed by atoms with Crippen LogP contribution in [0.15, 0.2) is 12.1 Å². The van der Waals surface area contributed by atoms with Crippen molar-refractivity contribution in [1.82, 2.24) is 0 Å². The van der Waals surface area contributed by atoms with E-state index in [9.17, 15) is 0 Å². The highest BCUT2D eigenvalue weighted by Crippen LogP contribution is 2.34. The van der Waals surface area contributed by atoms with Crippen molar-refractivity contribution in [3.8, 4) is 11.5 Å². The second-order valence-corrected chi connectivity index (χ2v) is 3.03. The summed E-state index contributed by atoms with van der Waals surface area (Å²) in [7, 11) is 0. The first-order valence-corrected chi connectivity index (χ1v) is 5.15. The zero-order valence-electron chi connectivity index (χ0n) is 9.39. The molecule has 0 spiro atoms. The second kappa shape index (κ2) is 4.89. The summed E-state index contributed by atoms with van der Waals surface area (Å²) in [5.41, 5.74) is 2.44. The molecule has 0 atom stereocenters. The van der Waals surface area contributed by atoms with Crippen molar-refractivity contribution >= 4 is 0 Å². The first kappa shape index (κ1) is 10.9. The van der Waals surface area contributed by atoms with Gasteiger partial charge in [0.1, 0.15) is 13.2 Å². The number of rotatable bonds is 0. The molecule has 0 radical (unpaired) electrons. The predicted molar refractivity (Wildman–Crippen MR) is 58.3 cm³/mol. The molecule has 2 rings (SSSR count). The minimum atomic E-state index is 0.662. The standard InChI is InChI=1S/C10H12O2.C2H6/c1-7-3-4-9-10(8(7)2)12-6-5-11-9;1-2/h3-4H,5-6H2,1-2H3;1-2H3. The van der Waals surface area contributed by atoms with Gasteiger partial charge in [-0.05, 0) is 31.0 Å². The van der Waals surface area contributed by atoms with Gasteiger partial charge in [-0.15, -0.1) is 0 Å². The van der Waals surface area contributed by atoms with Crippen molar-refractivity contribution in [3.63, 3.8) is 0 Å². The maximum atomic E-state index is 5.51. The summed E-state index contributed by atoms with van der Waals surface area (Å²) >= 11 is 0. The lowest BCUT2D eigenvalue weighted by Gasteiger charge is -2.20. The van der Waals surface area contributed by atoms with E-state index in [1.165, 1.54) is 11.1 Å². The van der Waals surface area contributed by atoms with Gasteiger partial charge in [-0.1, -0.05) is 19.9 Å². The average Bonchev–Trinajstić information content (AvgIpc) is 2.27. The Balaban J connectivity index is 0.000000461. The van der Waals surface area contributed by atoms with E-state index in [0.29, 0.717) is 13.2 Å². The molecule has 0 saturated carbocycles. The molecular formula is C12H18O2. The van der Waals surface area contributed by atoms with Crippen LogP contribution in [0.5, 0.6) is 11.5 Å². The molecule has 1 aliphatic heterocycles. The molecular weight excluding hydrogens is 176 g/mol. The second-order valence-electron chi connectivity index (χ2n) is 3.03. The van der Waals surface area contributed by atoms with Gasteiger partial charge in [0.25, 0.3) is 0 Å². The minimum absolute atomic E-state index is 0.662. The zero-order valence-corrected chi connectivity index (χ0v) is 9.39. The molecule has 0 N–H and O–H groups in total. The molecule has 1 heterocycles. The highest BCUT2D eigenvalue weighted by molar-refractivity contribution is 5.50. The van der Waals surface area contributed by atoms with Crippen LogP contribution in [0.2, 0.25) is 0 Å². The van der Waals surface area contributed by atoms with Crippen LogP contribution in [0.4, 0.5) is 0 Å². The molecule has 78 valence electrons. The van der Waals surface area contributed by atoms with Crippen LogP contribution in [0.25, 0.3) is 0 Å². The molecule has 0 aromatic heterocycles. The van der Waals surface area contributed by atoms with Gasteiger partial charge >= 0.3 is 0 Å². The Hall–Kier alpha value is -1.18. The molecule has 0 fully saturated rings. The fourth-order valence-electron chi connectivity index (χ4n) is 1.35. The largest absolute Gasteiger partial charge is 0.486 e. The van der Waals surface area contributed by atoms with Crippen molar-refractivity contribution in [2.75, 3.05) is 13.2 Å². The number of aryl methyl sites for hydroxylation is 1. The van der Waals surface area contributed by atoms with Crippen LogP contribution < -0.4 is 9.47 Å². The first-order chi connectivity index (χ1) is 6.79. The van der Waals surface area contributed by atoms with Crippen molar-refractivity contribution in [2.45, 2.75) is 27.7 Å². The Morgan fingerprint density at radius 2 is 1.64 bits per heavy atom. The monoisotopic (exact) mass is 194 g/mol. The summed E-state index contributed by atoms with van der Waals surface area (Å²) in [6, 6.07) is 4.03. The van der Waals surface area contributed by atoms with Gasteiger partial charge in [0.2, 0.25) is 0 Å². The van der Waals surface area contributed by atoms with Crippen LogP contribution >= 0.6 is 0 Å². The van der Waals surface area contributed by atoms with Gasteiger partial charge in [0.15, 0.2) is 11.5 Å². The van der Waals surface area contributed by atoms with E-state index in [-0.39, 0.29) is 0 Å². The smallest absolute Gasteiger partial charge is 0.164 e. The van der Waals surface area contributed by atoms with Gasteiger partial charge in [-0.25, -0.2) is 0 Å². The lowest BCUT2D eigenvalue weighted by Crippen LogP contribution is -2.16. The van der Waals surface area contributed by atoms with Crippen LogP contribution in [0.1, 0.15) is 25.0 Å². The van der Waals surface area contributed by atoms with Gasteiger partial charge in [0.05, 0.1) is 0 Å². The normalized spacial score (nSPS) is 12.9. The molecule has 0 saturated heterocycles. The predicted octanol–water partition coefficient (Wildman–Crippen LogP) is 3.10.